The van der Waals surface area contributed by atoms with E-state index in [4.69, 9.17) is 9.47 Å². The SMILES string of the molecule is CC(=O)O[C@H]1CC[C@]2(C)[C@@H]3CC[C@]4(C)Oc5c(C)cc(O)cc5C[C@H]4[C@@]3(C)CC[C@H]2C1(C)C. The van der Waals surface area contributed by atoms with E-state index in [2.05, 4.69) is 34.6 Å². The summed E-state index contributed by atoms with van der Waals surface area (Å²) in [7, 11) is 0. The molecule has 5 rings (SSSR count). The van der Waals surface area contributed by atoms with Crippen molar-refractivity contribution in [2.45, 2.75) is 105 Å². The van der Waals surface area contributed by atoms with Crippen LogP contribution in [0.3, 0.4) is 0 Å². The van der Waals surface area contributed by atoms with Crippen LogP contribution in [0.25, 0.3) is 0 Å². The standard InChI is InChI=1S/C29H42O4/c1-17-14-20(31)15-19-16-23-28(6)11-8-21-26(3,4)24(32-18(2)30)10-12-27(21,5)22(28)9-13-29(23,7)33-25(17)19/h14-15,21-24,31H,8-13,16H2,1-7H3/t21-,22-,23-,24-,27-,28-,29-/m0/s1. The first-order valence-corrected chi connectivity index (χ1v) is 13.0. The molecule has 4 heteroatoms. The van der Waals surface area contributed by atoms with Crippen LogP contribution in [0.2, 0.25) is 0 Å². The second-order valence-electron chi connectivity index (χ2n) is 13.1. The third-order valence-corrected chi connectivity index (χ3v) is 10.9. The maximum atomic E-state index is 11.8. The van der Waals surface area contributed by atoms with Crippen LogP contribution in [0.4, 0.5) is 0 Å². The summed E-state index contributed by atoms with van der Waals surface area (Å²) in [6, 6.07) is 3.75. The van der Waals surface area contributed by atoms with Crippen molar-refractivity contribution in [3.05, 3.63) is 23.3 Å². The summed E-state index contributed by atoms with van der Waals surface area (Å²) in [5, 5.41) is 10.3. The molecule has 182 valence electrons. The number of hydrogen-bond acceptors (Lipinski definition) is 4. The molecule has 0 unspecified atom stereocenters. The number of aromatic hydroxyl groups is 1. The zero-order chi connectivity index (χ0) is 24.0. The molecule has 1 aromatic rings. The monoisotopic (exact) mass is 454 g/mol. The van der Waals surface area contributed by atoms with Gasteiger partial charge in [0.2, 0.25) is 0 Å². The molecule has 4 aliphatic rings. The van der Waals surface area contributed by atoms with Gasteiger partial charge in [-0.15, -0.1) is 0 Å². The lowest BCUT2D eigenvalue weighted by Crippen LogP contribution is -2.66. The van der Waals surface area contributed by atoms with Crippen LogP contribution in [0.1, 0.15) is 91.2 Å². The third kappa shape index (κ3) is 3.18. The zero-order valence-electron chi connectivity index (χ0n) is 21.6. The number of phenolic OH excluding ortho intramolecular Hbond substituents is 1. The fourth-order valence-electron chi connectivity index (χ4n) is 9.50. The van der Waals surface area contributed by atoms with Gasteiger partial charge in [-0.25, -0.2) is 0 Å². The van der Waals surface area contributed by atoms with E-state index in [9.17, 15) is 9.90 Å². The lowest BCUT2D eigenvalue weighted by molar-refractivity contribution is -0.228. The van der Waals surface area contributed by atoms with E-state index in [0.717, 1.165) is 37.0 Å². The Morgan fingerprint density at radius 2 is 1.61 bits per heavy atom. The van der Waals surface area contributed by atoms with Gasteiger partial charge < -0.3 is 14.6 Å². The number of phenols is 1. The van der Waals surface area contributed by atoms with Gasteiger partial charge in [0.25, 0.3) is 0 Å². The van der Waals surface area contributed by atoms with E-state index in [-0.39, 0.29) is 33.9 Å². The van der Waals surface area contributed by atoms with Crippen molar-refractivity contribution in [3.63, 3.8) is 0 Å². The average Bonchev–Trinajstić information content (AvgIpc) is 2.69. The molecule has 0 amide bonds. The van der Waals surface area contributed by atoms with Gasteiger partial charge >= 0.3 is 5.97 Å². The number of ether oxygens (including phenoxy) is 2. The maximum Gasteiger partial charge on any atom is 0.302 e. The number of carbonyl (C=O) groups excluding carboxylic acids is 1. The summed E-state index contributed by atoms with van der Waals surface area (Å²) in [5.41, 5.74) is 2.47. The Labute approximate surface area is 199 Å². The van der Waals surface area contributed by atoms with E-state index in [1.807, 2.05) is 19.1 Å². The molecule has 3 aliphatic carbocycles. The van der Waals surface area contributed by atoms with Crippen molar-refractivity contribution in [1.29, 1.82) is 0 Å². The second kappa shape index (κ2) is 7.15. The first-order valence-electron chi connectivity index (χ1n) is 13.0. The van der Waals surface area contributed by atoms with Crippen molar-refractivity contribution >= 4 is 5.97 Å². The summed E-state index contributed by atoms with van der Waals surface area (Å²) in [6.07, 6.45) is 7.71. The predicted octanol–water partition coefficient (Wildman–Crippen LogP) is 6.59. The fraction of sp³-hybridized carbons (Fsp3) is 0.759. The number of carbonyl (C=O) groups is 1. The average molecular weight is 455 g/mol. The van der Waals surface area contributed by atoms with Crippen LogP contribution in [-0.2, 0) is 16.0 Å². The van der Waals surface area contributed by atoms with Gasteiger partial charge in [-0.1, -0.05) is 27.7 Å². The molecule has 1 aromatic carbocycles. The van der Waals surface area contributed by atoms with E-state index < -0.39 is 0 Å². The minimum atomic E-state index is -0.159. The van der Waals surface area contributed by atoms with Crippen molar-refractivity contribution in [2.75, 3.05) is 0 Å². The summed E-state index contributed by atoms with van der Waals surface area (Å²) in [4.78, 5) is 11.8. The van der Waals surface area contributed by atoms with E-state index in [1.165, 1.54) is 24.8 Å². The molecular formula is C29H42O4. The largest absolute Gasteiger partial charge is 0.508 e. The molecule has 0 spiro atoms. The number of esters is 1. The van der Waals surface area contributed by atoms with Crippen LogP contribution in [-0.4, -0.2) is 22.8 Å². The highest BCUT2D eigenvalue weighted by Gasteiger charge is 2.67. The minimum absolute atomic E-state index is 0.0146. The van der Waals surface area contributed by atoms with Crippen LogP contribution in [0.5, 0.6) is 11.5 Å². The molecule has 1 N–H and O–H groups in total. The Balaban J connectivity index is 1.51. The van der Waals surface area contributed by atoms with Crippen LogP contribution < -0.4 is 4.74 Å². The number of benzene rings is 1. The molecule has 1 heterocycles. The molecule has 0 saturated heterocycles. The Hall–Kier alpha value is -1.71. The van der Waals surface area contributed by atoms with E-state index >= 15 is 0 Å². The Kier molecular flexibility index (Phi) is 4.99. The molecule has 3 saturated carbocycles. The number of hydrogen-bond donors (Lipinski definition) is 1. The normalized spacial score (nSPS) is 43.2. The number of fused-ring (bicyclic) bond motifs is 6. The zero-order valence-corrected chi connectivity index (χ0v) is 21.6. The van der Waals surface area contributed by atoms with Gasteiger partial charge in [-0.3, -0.25) is 4.79 Å². The quantitative estimate of drug-likeness (QED) is 0.486. The summed E-state index contributed by atoms with van der Waals surface area (Å²) in [5.74, 6) is 2.80. The topological polar surface area (TPSA) is 55.8 Å². The Morgan fingerprint density at radius 1 is 0.970 bits per heavy atom. The van der Waals surface area contributed by atoms with Crippen molar-refractivity contribution < 1.29 is 19.4 Å². The lowest BCUT2D eigenvalue weighted by Gasteiger charge is -2.69. The van der Waals surface area contributed by atoms with Crippen LogP contribution in [0.15, 0.2) is 12.1 Å². The highest BCUT2D eigenvalue weighted by atomic mass is 16.5. The van der Waals surface area contributed by atoms with Gasteiger partial charge in [0.15, 0.2) is 0 Å². The molecule has 7 atom stereocenters. The Morgan fingerprint density at radius 3 is 2.30 bits per heavy atom. The predicted molar refractivity (Wildman–Crippen MR) is 129 cm³/mol. The maximum absolute atomic E-state index is 11.8. The van der Waals surface area contributed by atoms with E-state index in [0.29, 0.717) is 23.5 Å². The smallest absolute Gasteiger partial charge is 0.302 e. The molecule has 3 fully saturated rings. The van der Waals surface area contributed by atoms with Crippen LogP contribution >= 0.6 is 0 Å². The molecule has 4 nitrogen and oxygen atoms in total. The summed E-state index contributed by atoms with van der Waals surface area (Å²) < 4.78 is 12.7. The molecule has 33 heavy (non-hydrogen) atoms. The van der Waals surface area contributed by atoms with Crippen molar-refractivity contribution in [2.24, 2.45) is 34.0 Å². The van der Waals surface area contributed by atoms with Crippen molar-refractivity contribution in [1.82, 2.24) is 0 Å². The third-order valence-electron chi connectivity index (χ3n) is 10.9. The fourth-order valence-corrected chi connectivity index (χ4v) is 9.50. The molecule has 0 bridgehead atoms. The second-order valence-corrected chi connectivity index (χ2v) is 13.1. The first-order chi connectivity index (χ1) is 15.3. The minimum Gasteiger partial charge on any atom is -0.508 e. The highest BCUT2D eigenvalue weighted by Crippen LogP contribution is 2.71. The number of aryl methyl sites for hydroxylation is 1. The first kappa shape index (κ1) is 23.1. The molecule has 0 aromatic heterocycles. The van der Waals surface area contributed by atoms with Gasteiger partial charge in [-0.05, 0) is 105 Å². The molecule has 1 aliphatic heterocycles. The van der Waals surface area contributed by atoms with Crippen LogP contribution in [0, 0.1) is 40.9 Å². The van der Waals surface area contributed by atoms with Gasteiger partial charge in [0.1, 0.15) is 23.2 Å². The molecular weight excluding hydrogens is 412 g/mol. The lowest BCUT2D eigenvalue weighted by atomic mass is 9.37. The van der Waals surface area contributed by atoms with E-state index in [1.54, 1.807) is 6.92 Å². The summed E-state index contributed by atoms with van der Waals surface area (Å²) in [6.45, 7) is 15.7. The van der Waals surface area contributed by atoms with Gasteiger partial charge in [-0.2, -0.15) is 0 Å². The van der Waals surface area contributed by atoms with Gasteiger partial charge in [0, 0.05) is 18.3 Å². The van der Waals surface area contributed by atoms with Gasteiger partial charge in [0.05, 0.1) is 0 Å². The Bertz CT molecular complexity index is 982. The highest BCUT2D eigenvalue weighted by molar-refractivity contribution is 5.66. The number of rotatable bonds is 1. The molecule has 0 radical (unpaired) electrons. The van der Waals surface area contributed by atoms with Crippen molar-refractivity contribution in [3.8, 4) is 11.5 Å². The summed E-state index contributed by atoms with van der Waals surface area (Å²) >= 11 is 0.